The van der Waals surface area contributed by atoms with Crippen LogP contribution in [0.25, 0.3) is 0 Å². The number of hydrogen-bond acceptors (Lipinski definition) is 2. The summed E-state index contributed by atoms with van der Waals surface area (Å²) in [7, 11) is 0. The van der Waals surface area contributed by atoms with Crippen LogP contribution in [0.5, 0.6) is 0 Å². The van der Waals surface area contributed by atoms with Crippen molar-refractivity contribution in [2.75, 3.05) is 19.6 Å². The normalized spacial score (nSPS) is 18.1. The van der Waals surface area contributed by atoms with Crippen LogP contribution in [0.2, 0.25) is 5.02 Å². The summed E-state index contributed by atoms with van der Waals surface area (Å²) in [5, 5.41) is 0.715. The van der Waals surface area contributed by atoms with E-state index < -0.39 is 0 Å². The van der Waals surface area contributed by atoms with Crippen LogP contribution in [-0.2, 0) is 16.0 Å². The van der Waals surface area contributed by atoms with Gasteiger partial charge in [0, 0.05) is 37.1 Å². The van der Waals surface area contributed by atoms with Gasteiger partial charge in [0.1, 0.15) is 0 Å². The molecule has 1 atom stereocenters. The number of rotatable bonds is 6. The third-order valence-electron chi connectivity index (χ3n) is 4.68. The molecule has 1 aliphatic heterocycles. The van der Waals surface area contributed by atoms with Crippen molar-refractivity contribution in [2.24, 2.45) is 5.92 Å². The molecule has 0 saturated carbocycles. The van der Waals surface area contributed by atoms with Crippen LogP contribution in [0.15, 0.2) is 24.3 Å². The molecule has 132 valence electrons. The molecule has 1 aliphatic rings. The van der Waals surface area contributed by atoms with E-state index >= 15 is 0 Å². The SMILES string of the molecule is CCN(C(=O)C1CCC(=O)N(CCc2ccc(Cl)cc2)C1)C(C)C. The number of carbonyl (C=O) groups excluding carboxylic acids is 2. The summed E-state index contributed by atoms with van der Waals surface area (Å²) >= 11 is 5.90. The zero-order valence-electron chi connectivity index (χ0n) is 14.8. The van der Waals surface area contributed by atoms with Crippen molar-refractivity contribution in [1.82, 2.24) is 9.80 Å². The smallest absolute Gasteiger partial charge is 0.227 e. The minimum absolute atomic E-state index is 0.0738. The molecule has 0 aromatic heterocycles. The molecule has 2 amide bonds. The number of halogens is 1. The van der Waals surface area contributed by atoms with Gasteiger partial charge in [-0.25, -0.2) is 0 Å². The van der Waals surface area contributed by atoms with Gasteiger partial charge < -0.3 is 9.80 Å². The first-order valence-corrected chi connectivity index (χ1v) is 9.12. The van der Waals surface area contributed by atoms with Crippen molar-refractivity contribution in [3.63, 3.8) is 0 Å². The van der Waals surface area contributed by atoms with Crippen LogP contribution in [-0.4, -0.2) is 47.3 Å². The lowest BCUT2D eigenvalue weighted by atomic mass is 9.95. The Hall–Kier alpha value is -1.55. The Bertz CT molecular complexity index is 571. The summed E-state index contributed by atoms with van der Waals surface area (Å²) in [4.78, 5) is 28.6. The van der Waals surface area contributed by atoms with E-state index in [9.17, 15) is 9.59 Å². The lowest BCUT2D eigenvalue weighted by molar-refractivity contribution is -0.144. The second kappa shape index (κ2) is 8.52. The molecule has 0 aliphatic carbocycles. The summed E-state index contributed by atoms with van der Waals surface area (Å²) in [5.41, 5.74) is 1.15. The Kier molecular flexibility index (Phi) is 6.67. The Morgan fingerprint density at radius 3 is 2.58 bits per heavy atom. The average molecular weight is 351 g/mol. The molecule has 0 spiro atoms. The molecule has 1 aromatic carbocycles. The summed E-state index contributed by atoms with van der Waals surface area (Å²) in [6, 6.07) is 7.89. The minimum Gasteiger partial charge on any atom is -0.342 e. The molecule has 0 radical (unpaired) electrons. The minimum atomic E-state index is -0.0738. The van der Waals surface area contributed by atoms with Gasteiger partial charge in [-0.3, -0.25) is 9.59 Å². The van der Waals surface area contributed by atoms with E-state index in [0.29, 0.717) is 37.5 Å². The first-order valence-electron chi connectivity index (χ1n) is 8.75. The first-order chi connectivity index (χ1) is 11.4. The van der Waals surface area contributed by atoms with Gasteiger partial charge in [0.25, 0.3) is 0 Å². The van der Waals surface area contributed by atoms with E-state index in [-0.39, 0.29) is 23.8 Å². The van der Waals surface area contributed by atoms with Crippen LogP contribution in [0, 0.1) is 5.92 Å². The maximum Gasteiger partial charge on any atom is 0.227 e. The molecule has 24 heavy (non-hydrogen) atoms. The Morgan fingerprint density at radius 1 is 1.33 bits per heavy atom. The molecule has 1 unspecified atom stereocenters. The molecule has 1 saturated heterocycles. The van der Waals surface area contributed by atoms with E-state index in [1.54, 1.807) is 0 Å². The maximum atomic E-state index is 12.7. The summed E-state index contributed by atoms with van der Waals surface area (Å²) in [6.45, 7) is 7.98. The van der Waals surface area contributed by atoms with Crippen molar-refractivity contribution in [3.8, 4) is 0 Å². The fraction of sp³-hybridized carbons (Fsp3) is 0.579. The fourth-order valence-corrected chi connectivity index (χ4v) is 3.38. The zero-order valence-corrected chi connectivity index (χ0v) is 15.6. The molecular formula is C19H27ClN2O2. The predicted molar refractivity (Wildman–Crippen MR) is 97.0 cm³/mol. The van der Waals surface area contributed by atoms with E-state index in [0.717, 1.165) is 12.0 Å². The van der Waals surface area contributed by atoms with Crippen molar-refractivity contribution >= 4 is 23.4 Å². The van der Waals surface area contributed by atoms with Gasteiger partial charge in [-0.15, -0.1) is 0 Å². The molecular weight excluding hydrogens is 324 g/mol. The maximum absolute atomic E-state index is 12.7. The third-order valence-corrected chi connectivity index (χ3v) is 4.93. The summed E-state index contributed by atoms with van der Waals surface area (Å²) < 4.78 is 0. The number of amides is 2. The second-order valence-electron chi connectivity index (χ2n) is 6.67. The molecule has 1 fully saturated rings. The Morgan fingerprint density at radius 2 is 2.00 bits per heavy atom. The van der Waals surface area contributed by atoms with Gasteiger partial charge in [-0.05, 0) is 51.3 Å². The largest absolute Gasteiger partial charge is 0.342 e. The monoisotopic (exact) mass is 350 g/mol. The average Bonchev–Trinajstić information content (AvgIpc) is 2.55. The lowest BCUT2D eigenvalue weighted by Crippen LogP contribution is -2.49. The van der Waals surface area contributed by atoms with Crippen LogP contribution in [0.1, 0.15) is 39.2 Å². The molecule has 1 heterocycles. The number of carbonyl (C=O) groups is 2. The van der Waals surface area contributed by atoms with Gasteiger partial charge in [0.05, 0.1) is 5.92 Å². The highest BCUT2D eigenvalue weighted by molar-refractivity contribution is 6.30. The summed E-state index contributed by atoms with van der Waals surface area (Å²) in [6.07, 6.45) is 1.91. The number of likely N-dealkylation sites (tertiary alicyclic amines) is 1. The Balaban J connectivity index is 1.96. The quantitative estimate of drug-likeness (QED) is 0.789. The zero-order chi connectivity index (χ0) is 17.7. The van der Waals surface area contributed by atoms with Crippen LogP contribution < -0.4 is 0 Å². The third kappa shape index (κ3) is 4.73. The fourth-order valence-electron chi connectivity index (χ4n) is 3.26. The second-order valence-corrected chi connectivity index (χ2v) is 7.11. The van der Waals surface area contributed by atoms with E-state index in [2.05, 4.69) is 0 Å². The molecule has 5 heteroatoms. The van der Waals surface area contributed by atoms with Crippen molar-refractivity contribution < 1.29 is 9.59 Å². The first kappa shape index (κ1) is 18.8. The predicted octanol–water partition coefficient (Wildman–Crippen LogP) is 3.38. The van der Waals surface area contributed by atoms with E-state index in [1.165, 1.54) is 0 Å². The van der Waals surface area contributed by atoms with Gasteiger partial charge in [0.15, 0.2) is 0 Å². The van der Waals surface area contributed by atoms with Gasteiger partial charge in [0.2, 0.25) is 11.8 Å². The van der Waals surface area contributed by atoms with Crippen LogP contribution in [0.4, 0.5) is 0 Å². The van der Waals surface area contributed by atoms with Crippen molar-refractivity contribution in [2.45, 2.75) is 46.1 Å². The van der Waals surface area contributed by atoms with Crippen LogP contribution >= 0.6 is 11.6 Å². The highest BCUT2D eigenvalue weighted by Gasteiger charge is 2.32. The van der Waals surface area contributed by atoms with Crippen molar-refractivity contribution in [3.05, 3.63) is 34.9 Å². The van der Waals surface area contributed by atoms with Gasteiger partial charge in [-0.2, -0.15) is 0 Å². The number of benzene rings is 1. The molecule has 1 aromatic rings. The number of piperidine rings is 1. The standard InChI is InChI=1S/C19H27ClN2O2/c1-4-22(14(2)3)19(24)16-7-10-18(23)21(13-16)12-11-15-5-8-17(20)9-6-15/h5-6,8-9,14,16H,4,7,10-13H2,1-3H3. The van der Waals surface area contributed by atoms with Crippen molar-refractivity contribution in [1.29, 1.82) is 0 Å². The summed E-state index contributed by atoms with van der Waals surface area (Å²) in [5.74, 6) is 0.257. The lowest BCUT2D eigenvalue weighted by Gasteiger charge is -2.36. The number of hydrogen-bond donors (Lipinski definition) is 0. The Labute approximate surface area is 149 Å². The van der Waals surface area contributed by atoms with Crippen LogP contribution in [0.3, 0.4) is 0 Å². The van der Waals surface area contributed by atoms with E-state index in [1.807, 2.05) is 54.8 Å². The number of nitrogens with zero attached hydrogens (tertiary/aromatic N) is 2. The van der Waals surface area contributed by atoms with Gasteiger partial charge in [-0.1, -0.05) is 23.7 Å². The topological polar surface area (TPSA) is 40.6 Å². The molecule has 2 rings (SSSR count). The molecule has 4 nitrogen and oxygen atoms in total. The highest BCUT2D eigenvalue weighted by Crippen LogP contribution is 2.21. The van der Waals surface area contributed by atoms with Gasteiger partial charge >= 0.3 is 0 Å². The highest BCUT2D eigenvalue weighted by atomic mass is 35.5. The molecule has 0 N–H and O–H groups in total. The molecule has 0 bridgehead atoms. The van der Waals surface area contributed by atoms with E-state index in [4.69, 9.17) is 11.6 Å².